The summed E-state index contributed by atoms with van der Waals surface area (Å²) in [5.74, 6) is 1.02. The van der Waals surface area contributed by atoms with Gasteiger partial charge in [-0.1, -0.05) is 11.8 Å². The van der Waals surface area contributed by atoms with Gasteiger partial charge in [0.2, 0.25) is 0 Å². The van der Waals surface area contributed by atoms with E-state index in [9.17, 15) is 14.9 Å². The minimum atomic E-state index is -0.434. The van der Waals surface area contributed by atoms with Crippen molar-refractivity contribution in [2.45, 2.75) is 44.3 Å². The summed E-state index contributed by atoms with van der Waals surface area (Å²) in [5.41, 5.74) is 0.402. The summed E-state index contributed by atoms with van der Waals surface area (Å²) < 4.78 is 7.58. The van der Waals surface area contributed by atoms with Crippen LogP contribution in [-0.2, 0) is 12.3 Å². The van der Waals surface area contributed by atoms with Gasteiger partial charge in [0.1, 0.15) is 5.75 Å². The van der Waals surface area contributed by atoms with Crippen LogP contribution < -0.4 is 10.3 Å². The molecule has 2 rings (SSSR count). The lowest BCUT2D eigenvalue weighted by Gasteiger charge is -2.14. The van der Waals surface area contributed by atoms with E-state index < -0.39 is 4.92 Å². The van der Waals surface area contributed by atoms with E-state index in [4.69, 9.17) is 4.74 Å². The zero-order valence-corrected chi connectivity index (χ0v) is 14.6. The van der Waals surface area contributed by atoms with Crippen molar-refractivity contribution in [2.24, 2.45) is 0 Å². The van der Waals surface area contributed by atoms with Gasteiger partial charge in [-0.05, 0) is 26.8 Å². The Kier molecular flexibility index (Phi) is 5.97. The second-order valence-electron chi connectivity index (χ2n) is 5.34. The van der Waals surface area contributed by atoms with Crippen molar-refractivity contribution in [3.63, 3.8) is 0 Å². The molecule has 8 heteroatoms. The van der Waals surface area contributed by atoms with Gasteiger partial charge in [0, 0.05) is 42.3 Å². The highest BCUT2D eigenvalue weighted by Crippen LogP contribution is 2.30. The molecule has 128 valence electrons. The molecule has 0 aliphatic heterocycles. The number of nitro benzene ring substituents is 1. The minimum absolute atomic E-state index is 0.00982. The largest absolute Gasteiger partial charge is 0.491 e. The SMILES string of the molecule is CCn1ccc(=O)nc1SCc1cc([N+](=O)[O-])ccc1OC(C)C. The Balaban J connectivity index is 2.30. The average molecular weight is 349 g/mol. The summed E-state index contributed by atoms with van der Waals surface area (Å²) >= 11 is 1.35. The van der Waals surface area contributed by atoms with E-state index in [1.54, 1.807) is 12.3 Å². The summed E-state index contributed by atoms with van der Waals surface area (Å²) in [6.07, 6.45) is 1.65. The third-order valence-corrected chi connectivity index (χ3v) is 4.20. The molecule has 24 heavy (non-hydrogen) atoms. The van der Waals surface area contributed by atoms with Crippen molar-refractivity contribution in [3.05, 3.63) is 56.5 Å². The van der Waals surface area contributed by atoms with Crippen LogP contribution in [0.2, 0.25) is 0 Å². The normalized spacial score (nSPS) is 10.8. The van der Waals surface area contributed by atoms with Crippen LogP contribution in [0.15, 0.2) is 40.4 Å². The van der Waals surface area contributed by atoms with Gasteiger partial charge in [-0.2, -0.15) is 4.98 Å². The number of ether oxygens (including phenoxy) is 1. The third kappa shape index (κ3) is 4.58. The van der Waals surface area contributed by atoms with Crippen molar-refractivity contribution in [3.8, 4) is 5.75 Å². The molecule has 0 spiro atoms. The first-order chi connectivity index (χ1) is 11.4. The summed E-state index contributed by atoms with van der Waals surface area (Å²) in [7, 11) is 0. The third-order valence-electron chi connectivity index (χ3n) is 3.16. The number of nitro groups is 1. The summed E-state index contributed by atoms with van der Waals surface area (Å²) in [5, 5.41) is 11.6. The number of aromatic nitrogens is 2. The molecule has 7 nitrogen and oxygen atoms in total. The first-order valence-corrected chi connectivity index (χ1v) is 8.53. The van der Waals surface area contributed by atoms with Gasteiger partial charge in [0.05, 0.1) is 11.0 Å². The van der Waals surface area contributed by atoms with Gasteiger partial charge in [0.25, 0.3) is 11.2 Å². The molecule has 1 heterocycles. The predicted octanol–water partition coefficient (Wildman–Crippen LogP) is 3.25. The Bertz CT molecular complexity index is 789. The Morgan fingerprint density at radius 2 is 2.12 bits per heavy atom. The Hall–Kier alpha value is -2.35. The van der Waals surface area contributed by atoms with Crippen LogP contribution in [0.5, 0.6) is 5.75 Å². The number of thioether (sulfide) groups is 1. The highest BCUT2D eigenvalue weighted by molar-refractivity contribution is 7.98. The first-order valence-electron chi connectivity index (χ1n) is 7.55. The van der Waals surface area contributed by atoms with Gasteiger partial charge in [0.15, 0.2) is 5.16 Å². The van der Waals surface area contributed by atoms with Crippen molar-refractivity contribution in [1.82, 2.24) is 9.55 Å². The molecule has 0 radical (unpaired) electrons. The molecule has 0 bridgehead atoms. The van der Waals surface area contributed by atoms with Crippen molar-refractivity contribution in [1.29, 1.82) is 0 Å². The van der Waals surface area contributed by atoms with Crippen LogP contribution in [0.4, 0.5) is 5.69 Å². The fraction of sp³-hybridized carbons (Fsp3) is 0.375. The van der Waals surface area contributed by atoms with Crippen molar-refractivity contribution in [2.75, 3.05) is 0 Å². The molecule has 0 atom stereocenters. The highest BCUT2D eigenvalue weighted by Gasteiger charge is 2.14. The lowest BCUT2D eigenvalue weighted by molar-refractivity contribution is -0.384. The number of rotatable bonds is 7. The monoisotopic (exact) mass is 349 g/mol. The quantitative estimate of drug-likeness (QED) is 0.330. The lowest BCUT2D eigenvalue weighted by atomic mass is 10.2. The smallest absolute Gasteiger partial charge is 0.273 e. The van der Waals surface area contributed by atoms with Gasteiger partial charge in [-0.25, -0.2) is 0 Å². The maximum Gasteiger partial charge on any atom is 0.273 e. The van der Waals surface area contributed by atoms with E-state index in [0.717, 1.165) is 0 Å². The van der Waals surface area contributed by atoms with E-state index in [2.05, 4.69) is 4.98 Å². The molecule has 0 aliphatic carbocycles. The average Bonchev–Trinajstić information content (AvgIpc) is 2.53. The molecule has 0 N–H and O–H groups in total. The molecular formula is C16H19N3O4S. The van der Waals surface area contributed by atoms with Crippen LogP contribution >= 0.6 is 11.8 Å². The van der Waals surface area contributed by atoms with Gasteiger partial charge in [-0.15, -0.1) is 0 Å². The molecular weight excluding hydrogens is 330 g/mol. The number of benzene rings is 1. The van der Waals surface area contributed by atoms with E-state index in [0.29, 0.717) is 28.8 Å². The number of non-ortho nitro benzene ring substituents is 1. The van der Waals surface area contributed by atoms with Crippen LogP contribution in [0.1, 0.15) is 26.3 Å². The standard InChI is InChI=1S/C16H19N3O4S/c1-4-18-8-7-15(20)17-16(18)24-10-12-9-13(19(21)22)5-6-14(12)23-11(2)3/h5-9,11H,4,10H2,1-3H3. The maximum atomic E-state index is 11.5. The topological polar surface area (TPSA) is 87.3 Å². The fourth-order valence-electron chi connectivity index (χ4n) is 2.07. The van der Waals surface area contributed by atoms with Crippen LogP contribution in [0.25, 0.3) is 0 Å². The van der Waals surface area contributed by atoms with Gasteiger partial charge >= 0.3 is 0 Å². The number of aryl methyl sites for hydroxylation is 1. The van der Waals surface area contributed by atoms with Crippen LogP contribution in [0, 0.1) is 10.1 Å². The Morgan fingerprint density at radius 3 is 2.75 bits per heavy atom. The van der Waals surface area contributed by atoms with Crippen molar-refractivity contribution < 1.29 is 9.66 Å². The zero-order chi connectivity index (χ0) is 17.7. The van der Waals surface area contributed by atoms with E-state index >= 15 is 0 Å². The van der Waals surface area contributed by atoms with Gasteiger partial charge < -0.3 is 9.30 Å². The van der Waals surface area contributed by atoms with Crippen LogP contribution in [-0.4, -0.2) is 20.6 Å². The molecule has 2 aromatic rings. The molecule has 0 unspecified atom stereocenters. The summed E-state index contributed by atoms with van der Waals surface area (Å²) in [6, 6.07) is 5.95. The van der Waals surface area contributed by atoms with E-state index in [-0.39, 0.29) is 17.4 Å². The fourth-order valence-corrected chi connectivity index (χ4v) is 3.09. The van der Waals surface area contributed by atoms with Crippen molar-refractivity contribution >= 4 is 17.4 Å². The van der Waals surface area contributed by atoms with Crippen LogP contribution in [0.3, 0.4) is 0 Å². The lowest BCUT2D eigenvalue weighted by Crippen LogP contribution is -2.12. The number of hydrogen-bond donors (Lipinski definition) is 0. The van der Waals surface area contributed by atoms with E-state index in [1.165, 1.54) is 30.0 Å². The molecule has 0 saturated heterocycles. The number of nitrogens with zero attached hydrogens (tertiary/aromatic N) is 3. The minimum Gasteiger partial charge on any atom is -0.491 e. The maximum absolute atomic E-state index is 11.5. The molecule has 0 saturated carbocycles. The number of hydrogen-bond acceptors (Lipinski definition) is 6. The highest BCUT2D eigenvalue weighted by atomic mass is 32.2. The molecule has 0 amide bonds. The van der Waals surface area contributed by atoms with Gasteiger partial charge in [-0.3, -0.25) is 14.9 Å². The molecule has 1 aromatic carbocycles. The van der Waals surface area contributed by atoms with E-state index in [1.807, 2.05) is 25.3 Å². The zero-order valence-electron chi connectivity index (χ0n) is 13.8. The second-order valence-corrected chi connectivity index (χ2v) is 6.28. The second kappa shape index (κ2) is 7.96. The molecule has 0 fully saturated rings. The predicted molar refractivity (Wildman–Crippen MR) is 92.6 cm³/mol. The first kappa shape index (κ1) is 18.0. The summed E-state index contributed by atoms with van der Waals surface area (Å²) in [4.78, 5) is 26.0. The summed E-state index contributed by atoms with van der Waals surface area (Å²) in [6.45, 7) is 6.43. The Morgan fingerprint density at radius 1 is 1.38 bits per heavy atom. The molecule has 1 aromatic heterocycles. The molecule has 0 aliphatic rings. The Labute approximate surface area is 143 Å².